The maximum absolute atomic E-state index is 14.7. The Bertz CT molecular complexity index is 920. The Morgan fingerprint density at radius 3 is 2.41 bits per heavy atom. The summed E-state index contributed by atoms with van der Waals surface area (Å²) in [6.45, 7) is 1.01. The molecule has 1 fully saturated rings. The van der Waals surface area contributed by atoms with E-state index < -0.39 is 11.8 Å². The number of hydrogen-bond acceptors (Lipinski definition) is 4. The number of esters is 1. The van der Waals surface area contributed by atoms with Crippen molar-refractivity contribution < 1.29 is 18.7 Å². The molecule has 29 heavy (non-hydrogen) atoms. The van der Waals surface area contributed by atoms with E-state index in [-0.39, 0.29) is 42.9 Å². The number of carbonyl (C=O) groups excluding carboxylic acids is 2. The molecule has 9 heteroatoms. The molecule has 0 radical (unpaired) electrons. The minimum Gasteiger partial charge on any atom is -0.469 e. The van der Waals surface area contributed by atoms with E-state index in [1.807, 2.05) is 0 Å². The van der Waals surface area contributed by atoms with Crippen LogP contribution in [0.5, 0.6) is 0 Å². The van der Waals surface area contributed by atoms with Crippen LogP contribution in [-0.2, 0) is 9.53 Å². The van der Waals surface area contributed by atoms with Crippen molar-refractivity contribution >= 4 is 35.9 Å². The largest absolute Gasteiger partial charge is 0.469 e. The average molecular weight is 421 g/mol. The fourth-order valence-corrected chi connectivity index (χ4v) is 3.09. The Labute approximate surface area is 174 Å². The van der Waals surface area contributed by atoms with E-state index in [9.17, 15) is 14.0 Å². The third-order valence-electron chi connectivity index (χ3n) is 4.68. The molecule has 1 heterocycles. The van der Waals surface area contributed by atoms with Gasteiger partial charge in [-0.2, -0.15) is 0 Å². The zero-order chi connectivity index (χ0) is 20.3. The smallest absolute Gasteiger partial charge is 0.324 e. The van der Waals surface area contributed by atoms with Gasteiger partial charge in [0.25, 0.3) is 0 Å². The van der Waals surface area contributed by atoms with Gasteiger partial charge in [0.15, 0.2) is 0 Å². The molecule has 3 rings (SSSR count). The molecule has 0 atom stereocenters. The second-order valence-corrected chi connectivity index (χ2v) is 6.40. The average Bonchev–Trinajstić information content (AvgIpc) is 3.06. The number of nitrogens with zero attached hydrogens (tertiary/aromatic N) is 2. The van der Waals surface area contributed by atoms with Crippen molar-refractivity contribution in [3.63, 3.8) is 0 Å². The van der Waals surface area contributed by atoms with Crippen LogP contribution >= 0.6 is 12.4 Å². The van der Waals surface area contributed by atoms with Crippen molar-refractivity contribution in [3.8, 4) is 11.1 Å². The van der Waals surface area contributed by atoms with E-state index in [1.165, 1.54) is 23.0 Å². The fraction of sp³-hybridized carbons (Fsp3) is 0.250. The van der Waals surface area contributed by atoms with Crippen molar-refractivity contribution in [3.05, 3.63) is 53.8 Å². The molecule has 1 aliphatic rings. The van der Waals surface area contributed by atoms with Gasteiger partial charge in [-0.25, -0.2) is 9.18 Å². The quantitative estimate of drug-likeness (QED) is 0.426. The summed E-state index contributed by atoms with van der Waals surface area (Å²) in [6.07, 6.45) is 0.105. The van der Waals surface area contributed by atoms with Crippen LogP contribution in [0.2, 0.25) is 0 Å². The lowest BCUT2D eigenvalue weighted by molar-refractivity contribution is -0.140. The molecule has 1 saturated heterocycles. The Morgan fingerprint density at radius 2 is 1.83 bits per heavy atom. The molecule has 0 saturated carbocycles. The minimum atomic E-state index is -0.503. The summed E-state index contributed by atoms with van der Waals surface area (Å²) in [5, 5.41) is 7.42. The predicted molar refractivity (Wildman–Crippen MR) is 111 cm³/mol. The summed E-state index contributed by atoms with van der Waals surface area (Å²) in [6, 6.07) is 11.3. The standard InChI is InChI=1S/C20H21FN4O3.ClH/c1-28-18(26)8-9-24-10-11-25(20(24)27)17-7-6-15(12-16(17)21)13-2-4-14(5-3-13)19(22)23;/h2-7,12H,8-11H2,1H3,(H3,22,23);1H. The first kappa shape index (κ1) is 22.2. The molecule has 2 amide bonds. The van der Waals surface area contributed by atoms with Crippen LogP contribution in [-0.4, -0.2) is 49.5 Å². The van der Waals surface area contributed by atoms with E-state index in [4.69, 9.17) is 11.1 Å². The number of rotatable bonds is 6. The van der Waals surface area contributed by atoms with E-state index >= 15 is 0 Å². The Hall–Kier alpha value is -3.13. The number of amides is 2. The summed E-state index contributed by atoms with van der Waals surface area (Å²) in [5.41, 5.74) is 7.68. The van der Waals surface area contributed by atoms with Gasteiger partial charge in [-0.1, -0.05) is 30.3 Å². The van der Waals surface area contributed by atoms with Gasteiger partial charge in [-0.15, -0.1) is 12.4 Å². The molecular formula is C20H22ClFN4O3. The molecule has 0 spiro atoms. The van der Waals surface area contributed by atoms with Crippen molar-refractivity contribution in [2.45, 2.75) is 6.42 Å². The lowest BCUT2D eigenvalue weighted by Crippen LogP contribution is -2.33. The van der Waals surface area contributed by atoms with Crippen molar-refractivity contribution in [2.24, 2.45) is 5.73 Å². The highest BCUT2D eigenvalue weighted by molar-refractivity contribution is 5.96. The molecule has 7 nitrogen and oxygen atoms in total. The van der Waals surface area contributed by atoms with Crippen LogP contribution in [0.4, 0.5) is 14.9 Å². The van der Waals surface area contributed by atoms with Crippen LogP contribution in [0.1, 0.15) is 12.0 Å². The third kappa shape index (κ3) is 4.83. The normalized spacial score (nSPS) is 13.2. The summed E-state index contributed by atoms with van der Waals surface area (Å²) in [4.78, 5) is 26.7. The predicted octanol–water partition coefficient (Wildman–Crippen LogP) is 3.00. The van der Waals surface area contributed by atoms with Gasteiger partial charge in [0, 0.05) is 25.2 Å². The zero-order valence-electron chi connectivity index (χ0n) is 15.9. The first-order valence-electron chi connectivity index (χ1n) is 8.78. The number of methoxy groups -OCH3 is 1. The molecular weight excluding hydrogens is 399 g/mol. The minimum absolute atomic E-state index is 0. The molecule has 154 valence electrons. The third-order valence-corrected chi connectivity index (χ3v) is 4.68. The number of nitrogens with two attached hydrogens (primary N) is 1. The molecule has 2 aromatic carbocycles. The Morgan fingerprint density at radius 1 is 1.17 bits per heavy atom. The molecule has 0 unspecified atom stereocenters. The van der Waals surface area contributed by atoms with Crippen LogP contribution in [0.15, 0.2) is 42.5 Å². The van der Waals surface area contributed by atoms with Gasteiger partial charge in [-0.05, 0) is 23.3 Å². The second-order valence-electron chi connectivity index (χ2n) is 6.40. The number of benzene rings is 2. The summed E-state index contributed by atoms with van der Waals surface area (Å²) in [7, 11) is 1.30. The van der Waals surface area contributed by atoms with Crippen LogP contribution in [0.25, 0.3) is 11.1 Å². The van der Waals surface area contributed by atoms with Crippen molar-refractivity contribution in [1.82, 2.24) is 4.90 Å². The number of halogens is 2. The van der Waals surface area contributed by atoms with Gasteiger partial charge in [-0.3, -0.25) is 15.1 Å². The lowest BCUT2D eigenvalue weighted by atomic mass is 10.0. The molecule has 0 aromatic heterocycles. The number of ether oxygens (including phenoxy) is 1. The molecule has 0 aliphatic carbocycles. The highest BCUT2D eigenvalue weighted by Gasteiger charge is 2.31. The summed E-state index contributed by atoms with van der Waals surface area (Å²) >= 11 is 0. The molecule has 3 N–H and O–H groups in total. The number of urea groups is 1. The first-order chi connectivity index (χ1) is 13.4. The van der Waals surface area contributed by atoms with E-state index in [0.717, 1.165) is 5.56 Å². The van der Waals surface area contributed by atoms with Gasteiger partial charge in [0.1, 0.15) is 11.7 Å². The lowest BCUT2D eigenvalue weighted by Gasteiger charge is -2.19. The van der Waals surface area contributed by atoms with Gasteiger partial charge >= 0.3 is 12.0 Å². The monoisotopic (exact) mass is 420 g/mol. The molecule has 2 aromatic rings. The van der Waals surface area contributed by atoms with Crippen molar-refractivity contribution in [1.29, 1.82) is 5.41 Å². The van der Waals surface area contributed by atoms with Gasteiger partial charge in [0.05, 0.1) is 19.2 Å². The summed E-state index contributed by atoms with van der Waals surface area (Å²) < 4.78 is 19.3. The van der Waals surface area contributed by atoms with Crippen LogP contribution < -0.4 is 10.6 Å². The molecule has 0 bridgehead atoms. The van der Waals surface area contributed by atoms with Crippen molar-refractivity contribution in [2.75, 3.05) is 31.6 Å². The zero-order valence-corrected chi connectivity index (χ0v) is 16.7. The first-order valence-corrected chi connectivity index (χ1v) is 8.78. The van der Waals surface area contributed by atoms with Crippen LogP contribution in [0, 0.1) is 11.2 Å². The second kappa shape index (κ2) is 9.38. The Kier molecular flexibility index (Phi) is 7.17. The highest BCUT2D eigenvalue weighted by atomic mass is 35.5. The SMILES string of the molecule is COC(=O)CCN1CCN(c2ccc(-c3ccc(C(=N)N)cc3)cc2F)C1=O.Cl. The number of amidine groups is 1. The fourth-order valence-electron chi connectivity index (χ4n) is 3.09. The topological polar surface area (TPSA) is 99.7 Å². The molecule has 1 aliphatic heterocycles. The number of nitrogen functional groups attached to an aromatic ring is 1. The number of nitrogens with one attached hydrogen (secondary N) is 1. The summed E-state index contributed by atoms with van der Waals surface area (Å²) in [5.74, 6) is -0.925. The number of anilines is 1. The number of carbonyl (C=O) groups is 2. The van der Waals surface area contributed by atoms with E-state index in [0.29, 0.717) is 24.2 Å². The maximum Gasteiger partial charge on any atom is 0.324 e. The van der Waals surface area contributed by atoms with E-state index in [1.54, 1.807) is 36.4 Å². The Balaban J connectivity index is 0.00000300. The number of hydrogen-bond donors (Lipinski definition) is 2. The van der Waals surface area contributed by atoms with Crippen LogP contribution in [0.3, 0.4) is 0 Å². The van der Waals surface area contributed by atoms with E-state index in [2.05, 4.69) is 4.74 Å². The van der Waals surface area contributed by atoms with Gasteiger partial charge < -0.3 is 15.4 Å². The maximum atomic E-state index is 14.7. The highest BCUT2D eigenvalue weighted by Crippen LogP contribution is 2.29. The van der Waals surface area contributed by atoms with Gasteiger partial charge in [0.2, 0.25) is 0 Å².